The van der Waals surface area contributed by atoms with Crippen LogP contribution in [0.15, 0.2) is 183 Å². The number of aryl methyl sites for hydroxylation is 3. The minimum absolute atomic E-state index is 0.0312. The number of fused-ring (bicyclic) bond motifs is 3. The van der Waals surface area contributed by atoms with Crippen molar-refractivity contribution >= 4 is 127 Å². The second kappa shape index (κ2) is 39.1. The van der Waals surface area contributed by atoms with E-state index in [-0.39, 0.29) is 49.2 Å². The monoisotopic (exact) mass is 1720 g/mol. The Morgan fingerprint density at radius 1 is 0.402 bits per heavy atom. The average molecular weight is 1720 g/mol. The summed E-state index contributed by atoms with van der Waals surface area (Å²) in [7, 11) is -9.57. The lowest BCUT2D eigenvalue weighted by molar-refractivity contribution is 0.344. The summed E-state index contributed by atoms with van der Waals surface area (Å²) >= 11 is 3.48. The molecule has 37 heteroatoms. The quantitative estimate of drug-likeness (QED) is 0.0227. The lowest BCUT2D eigenvalue weighted by Gasteiger charge is -2.15. The molecule has 12 aromatic rings. The lowest BCUT2D eigenvalue weighted by atomic mass is 9.80. The molecule has 0 radical (unpaired) electrons. The van der Waals surface area contributed by atoms with Crippen LogP contribution in [-0.4, -0.2) is 201 Å². The topological polar surface area (TPSA) is 379 Å². The van der Waals surface area contributed by atoms with Gasteiger partial charge in [-0.2, -0.15) is 0 Å². The van der Waals surface area contributed by atoms with Gasteiger partial charge in [-0.15, -0.1) is 30.6 Å². The molecule has 0 saturated carbocycles. The van der Waals surface area contributed by atoms with Gasteiger partial charge in [0.15, 0.2) is 0 Å². The number of hydrogen-bond donors (Lipinski definition) is 9. The average Bonchev–Trinajstić information content (AvgIpc) is 1.03. The van der Waals surface area contributed by atoms with Gasteiger partial charge < -0.3 is 55.3 Å². The number of nitrogens with zero attached hydrogens (tertiary/aromatic N) is 12. The van der Waals surface area contributed by atoms with Gasteiger partial charge in [-0.05, 0) is 290 Å². The van der Waals surface area contributed by atoms with Crippen LogP contribution in [0.1, 0.15) is 55.2 Å². The van der Waals surface area contributed by atoms with E-state index in [1.54, 1.807) is 78.9 Å². The highest BCUT2D eigenvalue weighted by Gasteiger charge is 2.23. The molecule has 29 nitrogen and oxygen atoms in total. The Morgan fingerprint density at radius 3 is 1.10 bits per heavy atom. The molecule has 0 bridgehead atoms. The molecular formula is C80H87BBrF3N18O11S3. The smallest absolute Gasteiger partial charge is 0.491 e. The van der Waals surface area contributed by atoms with Gasteiger partial charge in [0.25, 0.3) is 0 Å². The number of rotatable bonds is 26. The van der Waals surface area contributed by atoms with Crippen LogP contribution in [-0.2, 0) is 30.1 Å². The van der Waals surface area contributed by atoms with E-state index in [9.17, 15) is 43.5 Å². The van der Waals surface area contributed by atoms with Gasteiger partial charge in [0, 0.05) is 77.4 Å². The van der Waals surface area contributed by atoms with E-state index in [0.29, 0.717) is 112 Å². The van der Waals surface area contributed by atoms with Crippen LogP contribution in [0.5, 0.6) is 17.2 Å². The normalized spacial score (nSPS) is 14.0. The molecule has 3 aromatic heterocycles. The number of aromatic nitrogens is 9. The van der Waals surface area contributed by atoms with Gasteiger partial charge in [-0.3, -0.25) is 0 Å². The van der Waals surface area contributed by atoms with Crippen molar-refractivity contribution in [2.75, 3.05) is 109 Å². The molecule has 612 valence electrons. The summed E-state index contributed by atoms with van der Waals surface area (Å²) in [5.74, 6) is 0.289. The molecule has 3 aliphatic heterocycles. The Kier molecular flexibility index (Phi) is 28.7. The predicted molar refractivity (Wildman–Crippen MR) is 447 cm³/mol. The first kappa shape index (κ1) is 85.8. The number of phenols is 1. The highest BCUT2D eigenvalue weighted by atomic mass is 79.9. The first-order chi connectivity index (χ1) is 56.2. The number of anilines is 6. The van der Waals surface area contributed by atoms with E-state index in [1.165, 1.54) is 101 Å². The first-order valence-corrected chi connectivity index (χ1v) is 42.8. The number of nitrogens with one attached hydrogen (secondary N) is 6. The minimum atomic E-state index is -3.60. The standard InChI is InChI=1S/C27H29FN6O3S.C26H27FN6O3S.C20H23BrN6O2S.C7H8BFO3/c1-18-15-25-26(17-22(18)23-16-20(37-2)7-10-24(23)28)32-33-27(31-25)30-19-5-8-21(9-6-19)38(35,36)29-11-14-34-12-3-4-13-34;1-17-14-24-25(16-21(17)22-15-19(34)6-9-23(22)27)31-32-26(30-24)29-18-4-7-20(8-5-18)37(35,36)28-10-13-33-11-2-3-12-33;1-14-12-18-19(13-17(14)21)25-26-20(24-18)23-15-4-6-16(7-5-15)30(28,29)22-8-11-27-9-2-3-10-27;1-12-5-2-3-7(9)6(4-5)8(10)11/h5-10,15-17,29H,3-4,11-14H2,1-2H3,(H,30,31,33);4-9,14-16,28,34H,2-3,10-13H2,1H3,(H,29,30,32);4-7,12-13,22H,2-3,8-11H2,1H3,(H,23,24,26);2-4,10-11H,1H3. The molecule has 9 N–H and O–H groups in total. The van der Waals surface area contributed by atoms with Crippen molar-refractivity contribution in [2.24, 2.45) is 0 Å². The molecule has 3 fully saturated rings. The summed E-state index contributed by atoms with van der Waals surface area (Å²) in [5.41, 5.74) is 9.85. The number of phenolic OH excluding ortho intramolecular Hbond substituents is 1. The molecule has 117 heavy (non-hydrogen) atoms. The Morgan fingerprint density at radius 2 is 0.735 bits per heavy atom. The minimum Gasteiger partial charge on any atom is -0.508 e. The predicted octanol–water partition coefficient (Wildman–Crippen LogP) is 11.0. The molecule has 15 rings (SSSR count). The van der Waals surface area contributed by atoms with Crippen molar-refractivity contribution < 1.29 is 63.1 Å². The molecule has 0 atom stereocenters. The lowest BCUT2D eigenvalue weighted by Crippen LogP contribution is -2.33. The molecule has 0 aliphatic carbocycles. The van der Waals surface area contributed by atoms with Gasteiger partial charge in [-0.25, -0.2) is 67.5 Å². The zero-order valence-electron chi connectivity index (χ0n) is 64.6. The van der Waals surface area contributed by atoms with Crippen molar-refractivity contribution in [3.63, 3.8) is 0 Å². The number of hydrogen-bond acceptors (Lipinski definition) is 26. The fourth-order valence-electron chi connectivity index (χ4n) is 13.2. The number of sulfonamides is 3. The van der Waals surface area contributed by atoms with E-state index >= 15 is 0 Å². The van der Waals surface area contributed by atoms with Crippen molar-refractivity contribution in [3.8, 4) is 39.5 Å². The molecule has 0 spiro atoms. The number of aromatic hydroxyl groups is 1. The van der Waals surface area contributed by atoms with E-state index in [1.807, 2.05) is 39.0 Å². The number of benzene rings is 9. The Bertz CT molecular complexity index is 5860. The molecule has 9 aromatic carbocycles. The molecule has 0 unspecified atom stereocenters. The van der Waals surface area contributed by atoms with Crippen molar-refractivity contribution in [1.29, 1.82) is 0 Å². The summed E-state index contributed by atoms with van der Waals surface area (Å²) in [4.78, 5) is 20.9. The largest absolute Gasteiger partial charge is 0.508 e. The van der Waals surface area contributed by atoms with Crippen molar-refractivity contribution in [1.82, 2.24) is 74.4 Å². The van der Waals surface area contributed by atoms with Gasteiger partial charge in [0.05, 0.1) is 45.5 Å². The maximum atomic E-state index is 14.5. The highest BCUT2D eigenvalue weighted by Crippen LogP contribution is 2.35. The second-order valence-corrected chi connectivity index (χ2v) is 34.0. The summed E-state index contributed by atoms with van der Waals surface area (Å²) in [6, 6.07) is 42.3. The van der Waals surface area contributed by atoms with E-state index in [2.05, 4.69) is 106 Å². The molecule has 3 aliphatic rings. The third kappa shape index (κ3) is 23.0. The highest BCUT2D eigenvalue weighted by molar-refractivity contribution is 9.10. The number of methoxy groups -OCH3 is 2. The van der Waals surface area contributed by atoms with Crippen LogP contribution in [0.2, 0.25) is 0 Å². The van der Waals surface area contributed by atoms with E-state index < -0.39 is 48.8 Å². The zero-order chi connectivity index (χ0) is 83.0. The third-order valence-electron chi connectivity index (χ3n) is 19.5. The van der Waals surface area contributed by atoms with E-state index in [4.69, 9.17) is 19.5 Å². The summed E-state index contributed by atoms with van der Waals surface area (Å²) in [5, 5.41) is 61.3. The van der Waals surface area contributed by atoms with Gasteiger partial charge in [0.2, 0.25) is 47.9 Å². The first-order valence-electron chi connectivity index (χ1n) is 37.6. The van der Waals surface area contributed by atoms with Crippen molar-refractivity contribution in [2.45, 2.75) is 74.0 Å². The molecular weight excluding hydrogens is 1630 g/mol. The fraction of sp³-hybridized carbons (Fsp3) is 0.287. The Labute approximate surface area is 684 Å². The van der Waals surface area contributed by atoms with Gasteiger partial charge >= 0.3 is 7.12 Å². The molecule has 0 amide bonds. The van der Waals surface area contributed by atoms with Crippen molar-refractivity contribution in [3.05, 3.63) is 202 Å². The van der Waals surface area contributed by atoms with Gasteiger partial charge in [-0.1, -0.05) is 15.9 Å². The van der Waals surface area contributed by atoms with Crippen LogP contribution in [0.3, 0.4) is 0 Å². The third-order valence-corrected chi connectivity index (χ3v) is 24.8. The number of halogens is 4. The second-order valence-electron chi connectivity index (χ2n) is 27.9. The van der Waals surface area contributed by atoms with Crippen LogP contribution in [0, 0.1) is 38.2 Å². The van der Waals surface area contributed by atoms with Crippen LogP contribution in [0.25, 0.3) is 55.4 Å². The molecule has 6 heterocycles. The Balaban J connectivity index is 0.000000151. The summed E-state index contributed by atoms with van der Waals surface area (Å²) < 4.78 is 136. The SMILES string of the molecule is COc1ccc(F)c(-c2cc3nnc(Nc4ccc(S(=O)(=O)NCCN5CCCC5)cc4)nc3cc2C)c1.COc1ccc(F)c(B(O)O)c1.Cc1cc2nc(Nc3ccc(S(=O)(=O)NCCN4CCCC4)cc3)nnc2cc1-c1cc(O)ccc1F.Cc1cc2nc(Nc3ccc(S(=O)(=O)NCCN4CCCC4)cc3)nnc2cc1Br. The molecule has 3 saturated heterocycles. The van der Waals surface area contributed by atoms with Crippen LogP contribution in [0.4, 0.5) is 48.1 Å². The van der Waals surface area contributed by atoms with Gasteiger partial charge in [0.1, 0.15) is 51.3 Å². The Hall–Kier alpha value is -10.5. The zero-order valence-corrected chi connectivity index (χ0v) is 68.6. The maximum absolute atomic E-state index is 14.5. The fourth-order valence-corrected chi connectivity index (χ4v) is 16.6. The number of ether oxygens (including phenoxy) is 2. The summed E-state index contributed by atoms with van der Waals surface area (Å²) in [6.45, 7) is 15.2. The summed E-state index contributed by atoms with van der Waals surface area (Å²) in [6.07, 6.45) is 7.04. The maximum Gasteiger partial charge on any atom is 0.491 e. The van der Waals surface area contributed by atoms with Crippen LogP contribution >= 0.6 is 15.9 Å². The van der Waals surface area contributed by atoms with Crippen LogP contribution < -0.4 is 45.1 Å². The number of likely N-dealkylation sites (tertiary alicyclic amines) is 3. The van der Waals surface area contributed by atoms with E-state index in [0.717, 1.165) is 91.4 Å².